The molecule has 1 amide bonds. The molecule has 0 radical (unpaired) electrons. The van der Waals surface area contributed by atoms with Crippen LogP contribution in [0.5, 0.6) is 0 Å². The summed E-state index contributed by atoms with van der Waals surface area (Å²) in [6.45, 7) is 0.878. The van der Waals surface area contributed by atoms with Crippen molar-refractivity contribution in [3.05, 3.63) is 60.2 Å². The average Bonchev–Trinajstić information content (AvgIpc) is 3.24. The van der Waals surface area contributed by atoms with Crippen molar-refractivity contribution in [3.8, 4) is 0 Å². The van der Waals surface area contributed by atoms with Gasteiger partial charge in [-0.1, -0.05) is 54.6 Å². The lowest BCUT2D eigenvalue weighted by Gasteiger charge is -2.22. The standard InChI is InChI=1S/C20H17NO4/c22-18-17-16(19(23)24)15-8-9-20(17,25-15)11-21(18)10-13-6-3-5-12-4-1-2-7-14(12)13/h1-9,15-17H,10-11H2,(H,23,24)/t15-,16+,17+,20+/m1/s1. The number of fused-ring (bicyclic) bond motifs is 2. The summed E-state index contributed by atoms with van der Waals surface area (Å²) in [7, 11) is 0. The lowest BCUT2D eigenvalue weighted by Crippen LogP contribution is -2.39. The number of hydrogen-bond acceptors (Lipinski definition) is 3. The highest BCUT2D eigenvalue weighted by molar-refractivity contribution is 5.91. The second-order valence-corrected chi connectivity index (χ2v) is 7.07. The van der Waals surface area contributed by atoms with Crippen LogP contribution >= 0.6 is 0 Å². The molecule has 0 aliphatic carbocycles. The molecule has 2 aromatic rings. The lowest BCUT2D eigenvalue weighted by atomic mass is 9.77. The molecule has 126 valence electrons. The van der Waals surface area contributed by atoms with Crippen LogP contribution in [-0.2, 0) is 20.9 Å². The Hall–Kier alpha value is -2.66. The molecule has 25 heavy (non-hydrogen) atoms. The van der Waals surface area contributed by atoms with E-state index in [0.29, 0.717) is 13.1 Å². The number of nitrogens with zero attached hydrogens (tertiary/aromatic N) is 1. The highest BCUT2D eigenvalue weighted by atomic mass is 16.5. The molecule has 0 aromatic heterocycles. The fraction of sp³-hybridized carbons (Fsp3) is 0.300. The molecule has 2 bridgehead atoms. The maximum Gasteiger partial charge on any atom is 0.310 e. The first-order valence-corrected chi connectivity index (χ1v) is 8.44. The smallest absolute Gasteiger partial charge is 0.310 e. The van der Waals surface area contributed by atoms with Crippen LogP contribution in [0.3, 0.4) is 0 Å². The van der Waals surface area contributed by atoms with E-state index in [4.69, 9.17) is 4.74 Å². The Bertz CT molecular complexity index is 931. The van der Waals surface area contributed by atoms with E-state index in [1.54, 1.807) is 11.0 Å². The number of amides is 1. The van der Waals surface area contributed by atoms with Crippen LogP contribution in [0.1, 0.15) is 5.56 Å². The van der Waals surface area contributed by atoms with Gasteiger partial charge < -0.3 is 14.7 Å². The SMILES string of the molecule is O=C(O)[C@@H]1[C@H]2C(=O)N(Cc3cccc4ccccc34)C[C@@]23C=C[C@H]1O3. The maximum atomic E-state index is 13.0. The van der Waals surface area contributed by atoms with Gasteiger partial charge in [-0.2, -0.15) is 0 Å². The van der Waals surface area contributed by atoms with Gasteiger partial charge in [0.05, 0.1) is 18.6 Å². The number of carbonyl (C=O) groups is 2. The van der Waals surface area contributed by atoms with E-state index in [1.165, 1.54) is 0 Å². The number of likely N-dealkylation sites (tertiary alicyclic amines) is 1. The van der Waals surface area contributed by atoms with Crippen LogP contribution in [0.4, 0.5) is 0 Å². The molecule has 5 heteroatoms. The van der Waals surface area contributed by atoms with Gasteiger partial charge in [0.2, 0.25) is 5.91 Å². The molecule has 5 nitrogen and oxygen atoms in total. The van der Waals surface area contributed by atoms with Gasteiger partial charge in [0.15, 0.2) is 0 Å². The van der Waals surface area contributed by atoms with E-state index in [9.17, 15) is 14.7 Å². The summed E-state index contributed by atoms with van der Waals surface area (Å²) in [5.41, 5.74) is 0.295. The predicted molar refractivity (Wildman–Crippen MR) is 90.7 cm³/mol. The van der Waals surface area contributed by atoms with Crippen LogP contribution in [0, 0.1) is 11.8 Å². The Morgan fingerprint density at radius 1 is 1.24 bits per heavy atom. The van der Waals surface area contributed by atoms with E-state index in [1.807, 2.05) is 48.5 Å². The summed E-state index contributed by atoms with van der Waals surface area (Å²) in [5.74, 6) is -2.47. The third kappa shape index (κ3) is 1.93. The summed E-state index contributed by atoms with van der Waals surface area (Å²) >= 11 is 0. The molecule has 2 saturated heterocycles. The van der Waals surface area contributed by atoms with Crippen LogP contribution in [0.25, 0.3) is 10.8 Å². The quantitative estimate of drug-likeness (QED) is 0.874. The number of aliphatic carboxylic acids is 1. The number of rotatable bonds is 3. The molecular weight excluding hydrogens is 318 g/mol. The van der Waals surface area contributed by atoms with E-state index < -0.39 is 29.5 Å². The fourth-order valence-electron chi connectivity index (χ4n) is 4.63. The highest BCUT2D eigenvalue weighted by Gasteiger charge is 2.66. The predicted octanol–water partition coefficient (Wildman–Crippen LogP) is 2.21. The number of ether oxygens (including phenoxy) is 1. The van der Waals surface area contributed by atoms with Crippen molar-refractivity contribution in [1.82, 2.24) is 4.90 Å². The molecular formula is C20H17NO4. The molecule has 0 unspecified atom stereocenters. The van der Waals surface area contributed by atoms with Gasteiger partial charge in [-0.15, -0.1) is 0 Å². The summed E-state index contributed by atoms with van der Waals surface area (Å²) in [5, 5.41) is 11.8. The van der Waals surface area contributed by atoms with E-state index in [-0.39, 0.29) is 5.91 Å². The monoisotopic (exact) mass is 335 g/mol. The van der Waals surface area contributed by atoms with Crippen LogP contribution in [0.15, 0.2) is 54.6 Å². The second-order valence-electron chi connectivity index (χ2n) is 7.07. The minimum atomic E-state index is -0.957. The van der Waals surface area contributed by atoms with E-state index in [2.05, 4.69) is 0 Å². The first kappa shape index (κ1) is 14.7. The van der Waals surface area contributed by atoms with Gasteiger partial charge in [0, 0.05) is 6.54 Å². The van der Waals surface area contributed by atoms with Crippen molar-refractivity contribution in [2.75, 3.05) is 6.54 Å². The first-order chi connectivity index (χ1) is 12.1. The van der Waals surface area contributed by atoms with Crippen molar-refractivity contribution in [2.24, 2.45) is 11.8 Å². The molecule has 2 aromatic carbocycles. The van der Waals surface area contributed by atoms with Gasteiger partial charge in [0.1, 0.15) is 11.5 Å². The molecule has 3 aliphatic heterocycles. The van der Waals surface area contributed by atoms with Gasteiger partial charge in [-0.05, 0) is 16.3 Å². The average molecular weight is 335 g/mol. The molecule has 1 spiro atoms. The van der Waals surface area contributed by atoms with Crippen LogP contribution in [0.2, 0.25) is 0 Å². The zero-order valence-electron chi connectivity index (χ0n) is 13.5. The molecule has 2 fully saturated rings. The van der Waals surface area contributed by atoms with E-state index in [0.717, 1.165) is 16.3 Å². The summed E-state index contributed by atoms with van der Waals surface area (Å²) in [6, 6.07) is 14.1. The molecule has 3 aliphatic rings. The third-order valence-corrected chi connectivity index (χ3v) is 5.71. The van der Waals surface area contributed by atoms with Gasteiger partial charge >= 0.3 is 5.97 Å². The minimum absolute atomic E-state index is 0.118. The van der Waals surface area contributed by atoms with Crippen LogP contribution < -0.4 is 0 Å². The summed E-state index contributed by atoms with van der Waals surface area (Å²) in [6.07, 6.45) is 3.21. The fourth-order valence-corrected chi connectivity index (χ4v) is 4.63. The maximum absolute atomic E-state index is 13.0. The Morgan fingerprint density at radius 3 is 2.88 bits per heavy atom. The normalized spacial score (nSPS) is 32.6. The lowest BCUT2D eigenvalue weighted by molar-refractivity contribution is -0.148. The zero-order valence-corrected chi connectivity index (χ0v) is 13.5. The van der Waals surface area contributed by atoms with Crippen LogP contribution in [-0.4, -0.2) is 40.1 Å². The number of carboxylic acids is 1. The number of benzene rings is 2. The first-order valence-electron chi connectivity index (χ1n) is 8.44. The van der Waals surface area contributed by atoms with Crippen molar-refractivity contribution in [2.45, 2.75) is 18.2 Å². The summed E-state index contributed by atoms with van der Waals surface area (Å²) < 4.78 is 5.93. The van der Waals surface area contributed by atoms with Crippen molar-refractivity contribution in [1.29, 1.82) is 0 Å². The molecule has 4 atom stereocenters. The topological polar surface area (TPSA) is 66.8 Å². The molecule has 0 saturated carbocycles. The molecule has 3 heterocycles. The van der Waals surface area contributed by atoms with Crippen molar-refractivity contribution in [3.63, 3.8) is 0 Å². The minimum Gasteiger partial charge on any atom is -0.481 e. The summed E-state index contributed by atoms with van der Waals surface area (Å²) in [4.78, 5) is 26.4. The number of carbonyl (C=O) groups excluding carboxylic acids is 1. The molecule has 5 rings (SSSR count). The number of hydrogen-bond donors (Lipinski definition) is 1. The van der Waals surface area contributed by atoms with Gasteiger partial charge in [-0.25, -0.2) is 0 Å². The molecule has 1 N–H and O–H groups in total. The zero-order chi connectivity index (χ0) is 17.2. The Morgan fingerprint density at radius 2 is 2.04 bits per heavy atom. The number of carboxylic acid groups (broad SMARTS) is 1. The van der Waals surface area contributed by atoms with Crippen molar-refractivity contribution < 1.29 is 19.4 Å². The van der Waals surface area contributed by atoms with Gasteiger partial charge in [0.25, 0.3) is 0 Å². The Balaban J connectivity index is 1.50. The van der Waals surface area contributed by atoms with E-state index >= 15 is 0 Å². The second kappa shape index (κ2) is 4.92. The van der Waals surface area contributed by atoms with Crippen molar-refractivity contribution >= 4 is 22.6 Å². The van der Waals surface area contributed by atoms with Gasteiger partial charge in [-0.3, -0.25) is 9.59 Å². The Labute approximate surface area is 144 Å². The third-order valence-electron chi connectivity index (χ3n) is 5.71. The Kier molecular flexibility index (Phi) is 2.89. The largest absolute Gasteiger partial charge is 0.481 e. The highest BCUT2D eigenvalue weighted by Crippen LogP contribution is 2.52.